The van der Waals surface area contributed by atoms with E-state index >= 15 is 0 Å². The minimum absolute atomic E-state index is 0.165. The molecule has 0 aliphatic heterocycles. The van der Waals surface area contributed by atoms with Crippen molar-refractivity contribution in [3.05, 3.63) is 70.1 Å². The second kappa shape index (κ2) is 10.6. The molecule has 2 N–H and O–H groups in total. The van der Waals surface area contributed by atoms with Gasteiger partial charge in [0.05, 0.1) is 5.69 Å². The third-order valence-electron chi connectivity index (χ3n) is 4.91. The number of carboxylic acids is 1. The van der Waals surface area contributed by atoms with E-state index in [1.54, 1.807) is 12.1 Å². The van der Waals surface area contributed by atoms with Crippen LogP contribution in [-0.2, 0) is 11.3 Å². The molecular formula is C24H26ClN3O3S. The van der Waals surface area contributed by atoms with Gasteiger partial charge in [0.15, 0.2) is 5.13 Å². The van der Waals surface area contributed by atoms with E-state index < -0.39 is 12.0 Å². The third-order valence-corrected chi connectivity index (χ3v) is 6.20. The standard InChI is InChI=1S/C24H26ClN3O3S/c1-15(2)12-20(23(30)31)26-22(29)17-10-8-16(9-11-17)13-28(3)24-27-21(14-32-24)18-6-4-5-7-19(18)25/h4-11,14-15,20H,12-13H2,1-3H3,(H,26,29)(H,30,31). The van der Waals surface area contributed by atoms with E-state index in [2.05, 4.69) is 5.32 Å². The van der Waals surface area contributed by atoms with E-state index in [4.69, 9.17) is 16.6 Å². The summed E-state index contributed by atoms with van der Waals surface area (Å²) in [5.41, 5.74) is 3.18. The molecule has 1 amide bonds. The van der Waals surface area contributed by atoms with Crippen LogP contribution in [0.25, 0.3) is 11.3 Å². The molecule has 8 heteroatoms. The normalized spacial score (nSPS) is 11.9. The Morgan fingerprint density at radius 1 is 1.16 bits per heavy atom. The average molecular weight is 472 g/mol. The van der Waals surface area contributed by atoms with E-state index in [-0.39, 0.29) is 11.8 Å². The Morgan fingerprint density at radius 3 is 2.47 bits per heavy atom. The smallest absolute Gasteiger partial charge is 0.326 e. The van der Waals surface area contributed by atoms with Crippen molar-refractivity contribution in [2.75, 3.05) is 11.9 Å². The molecule has 0 saturated carbocycles. The van der Waals surface area contributed by atoms with E-state index in [1.807, 2.05) is 67.6 Å². The maximum absolute atomic E-state index is 12.5. The predicted molar refractivity (Wildman–Crippen MR) is 129 cm³/mol. The number of amides is 1. The van der Waals surface area contributed by atoms with Crippen LogP contribution in [0.5, 0.6) is 0 Å². The largest absolute Gasteiger partial charge is 0.480 e. The molecule has 168 valence electrons. The van der Waals surface area contributed by atoms with Crippen molar-refractivity contribution >= 4 is 39.9 Å². The van der Waals surface area contributed by atoms with Gasteiger partial charge in [0.2, 0.25) is 0 Å². The molecule has 6 nitrogen and oxygen atoms in total. The predicted octanol–water partition coefficient (Wildman–Crippen LogP) is 5.33. The lowest BCUT2D eigenvalue weighted by atomic mass is 10.0. The lowest BCUT2D eigenvalue weighted by Gasteiger charge is -2.17. The second-order valence-corrected chi connectivity index (χ2v) is 9.29. The summed E-state index contributed by atoms with van der Waals surface area (Å²) in [4.78, 5) is 30.6. The Morgan fingerprint density at radius 2 is 1.84 bits per heavy atom. The molecule has 0 aliphatic carbocycles. The van der Waals surface area contributed by atoms with Crippen molar-refractivity contribution < 1.29 is 14.7 Å². The van der Waals surface area contributed by atoms with Gasteiger partial charge in [0, 0.05) is 35.1 Å². The van der Waals surface area contributed by atoms with Crippen molar-refractivity contribution in [3.8, 4) is 11.3 Å². The average Bonchev–Trinajstić information content (AvgIpc) is 3.24. The molecule has 0 fully saturated rings. The van der Waals surface area contributed by atoms with Gasteiger partial charge in [-0.15, -0.1) is 11.3 Å². The van der Waals surface area contributed by atoms with Gasteiger partial charge >= 0.3 is 5.97 Å². The van der Waals surface area contributed by atoms with Crippen LogP contribution in [0.15, 0.2) is 53.9 Å². The van der Waals surface area contributed by atoms with Crippen molar-refractivity contribution in [1.82, 2.24) is 10.3 Å². The number of halogens is 1. The number of thiazole rings is 1. The number of aliphatic carboxylic acids is 1. The quantitative estimate of drug-likeness (QED) is 0.440. The highest BCUT2D eigenvalue weighted by molar-refractivity contribution is 7.14. The molecule has 1 aromatic heterocycles. The molecule has 0 radical (unpaired) electrons. The Balaban J connectivity index is 1.64. The van der Waals surface area contributed by atoms with Crippen LogP contribution in [0, 0.1) is 5.92 Å². The van der Waals surface area contributed by atoms with Gasteiger partial charge in [-0.1, -0.05) is 55.8 Å². The van der Waals surface area contributed by atoms with Gasteiger partial charge in [-0.2, -0.15) is 0 Å². The number of rotatable bonds is 9. The van der Waals surface area contributed by atoms with Crippen LogP contribution >= 0.6 is 22.9 Å². The van der Waals surface area contributed by atoms with Gasteiger partial charge in [-0.25, -0.2) is 9.78 Å². The number of nitrogens with zero attached hydrogens (tertiary/aromatic N) is 2. The van der Waals surface area contributed by atoms with Crippen molar-refractivity contribution in [2.24, 2.45) is 5.92 Å². The van der Waals surface area contributed by atoms with Crippen LogP contribution in [0.4, 0.5) is 5.13 Å². The molecule has 1 unspecified atom stereocenters. The van der Waals surface area contributed by atoms with Crippen molar-refractivity contribution in [2.45, 2.75) is 32.9 Å². The van der Waals surface area contributed by atoms with Crippen LogP contribution in [0.1, 0.15) is 36.2 Å². The zero-order valence-corrected chi connectivity index (χ0v) is 19.8. The highest BCUT2D eigenvalue weighted by atomic mass is 35.5. The zero-order chi connectivity index (χ0) is 23.3. The van der Waals surface area contributed by atoms with Gasteiger partial charge in [-0.05, 0) is 36.1 Å². The molecule has 0 spiro atoms. The van der Waals surface area contributed by atoms with Gasteiger partial charge in [-0.3, -0.25) is 4.79 Å². The molecule has 0 aliphatic rings. The molecule has 32 heavy (non-hydrogen) atoms. The summed E-state index contributed by atoms with van der Waals surface area (Å²) in [5, 5.41) is 15.4. The van der Waals surface area contributed by atoms with Gasteiger partial charge in [0.25, 0.3) is 5.91 Å². The minimum atomic E-state index is -1.02. The number of anilines is 1. The summed E-state index contributed by atoms with van der Waals surface area (Å²) in [7, 11) is 1.96. The number of carboxylic acid groups (broad SMARTS) is 1. The van der Waals surface area contributed by atoms with Crippen LogP contribution in [0.2, 0.25) is 5.02 Å². The van der Waals surface area contributed by atoms with E-state index in [9.17, 15) is 14.7 Å². The molecule has 3 rings (SSSR count). The monoisotopic (exact) mass is 471 g/mol. The topological polar surface area (TPSA) is 82.5 Å². The first-order valence-electron chi connectivity index (χ1n) is 10.3. The summed E-state index contributed by atoms with van der Waals surface area (Å²) in [6.07, 6.45) is 0.383. The zero-order valence-electron chi connectivity index (χ0n) is 18.2. The molecule has 1 heterocycles. The SMILES string of the molecule is CC(C)CC(NC(=O)c1ccc(CN(C)c2nc(-c3ccccc3Cl)cs2)cc1)C(=O)O. The summed E-state index contributed by atoms with van der Waals surface area (Å²) < 4.78 is 0. The fraction of sp³-hybridized carbons (Fsp3) is 0.292. The van der Waals surface area contributed by atoms with Crippen LogP contribution in [0.3, 0.4) is 0 Å². The molecule has 2 aromatic carbocycles. The third kappa shape index (κ3) is 6.08. The number of carbonyl (C=O) groups excluding carboxylic acids is 1. The first kappa shape index (κ1) is 23.8. The van der Waals surface area contributed by atoms with Crippen LogP contribution < -0.4 is 10.2 Å². The summed E-state index contributed by atoms with van der Waals surface area (Å²) >= 11 is 7.82. The maximum atomic E-state index is 12.5. The Bertz CT molecular complexity index is 1080. The molecule has 1 atom stereocenters. The fourth-order valence-electron chi connectivity index (χ4n) is 3.27. The van der Waals surface area contributed by atoms with Gasteiger partial charge in [0.1, 0.15) is 6.04 Å². The Labute approximate surface area is 196 Å². The summed E-state index contributed by atoms with van der Waals surface area (Å²) in [5.74, 6) is -1.24. The highest BCUT2D eigenvalue weighted by Gasteiger charge is 2.21. The number of hydrogen-bond acceptors (Lipinski definition) is 5. The molecule has 0 saturated heterocycles. The number of aromatic nitrogens is 1. The maximum Gasteiger partial charge on any atom is 0.326 e. The van der Waals surface area contributed by atoms with E-state index in [0.717, 1.165) is 22.0 Å². The highest BCUT2D eigenvalue weighted by Crippen LogP contribution is 2.31. The first-order chi connectivity index (χ1) is 15.2. The summed E-state index contributed by atoms with van der Waals surface area (Å²) in [6.45, 7) is 4.46. The summed E-state index contributed by atoms with van der Waals surface area (Å²) in [6, 6.07) is 13.9. The Hall–Kier alpha value is -2.90. The van der Waals surface area contributed by atoms with E-state index in [1.165, 1.54) is 11.3 Å². The molecule has 3 aromatic rings. The fourth-order valence-corrected chi connectivity index (χ4v) is 4.29. The Kier molecular flexibility index (Phi) is 7.88. The lowest BCUT2D eigenvalue weighted by molar-refractivity contribution is -0.139. The van der Waals surface area contributed by atoms with Crippen molar-refractivity contribution in [1.29, 1.82) is 0 Å². The number of benzene rings is 2. The second-order valence-electron chi connectivity index (χ2n) is 8.04. The number of nitrogens with one attached hydrogen (secondary N) is 1. The van der Waals surface area contributed by atoms with Crippen LogP contribution in [-0.4, -0.2) is 35.1 Å². The van der Waals surface area contributed by atoms with Gasteiger partial charge < -0.3 is 15.3 Å². The van der Waals surface area contributed by atoms with Crippen molar-refractivity contribution in [3.63, 3.8) is 0 Å². The van der Waals surface area contributed by atoms with E-state index in [0.29, 0.717) is 23.6 Å². The lowest BCUT2D eigenvalue weighted by Crippen LogP contribution is -2.41. The number of carbonyl (C=O) groups is 2. The number of hydrogen-bond donors (Lipinski definition) is 2. The first-order valence-corrected chi connectivity index (χ1v) is 11.5. The molecular weight excluding hydrogens is 446 g/mol. The minimum Gasteiger partial charge on any atom is -0.480 e. The molecule has 0 bridgehead atoms.